The molecule has 128 valence electrons. The van der Waals surface area contributed by atoms with Gasteiger partial charge in [0.15, 0.2) is 11.5 Å². The molecular weight excluding hydrogens is 308 g/mol. The van der Waals surface area contributed by atoms with Gasteiger partial charge in [-0.15, -0.1) is 0 Å². The van der Waals surface area contributed by atoms with E-state index in [0.717, 1.165) is 34.0 Å². The Kier molecular flexibility index (Phi) is 4.76. The number of benzene rings is 1. The van der Waals surface area contributed by atoms with E-state index in [1.54, 1.807) is 0 Å². The number of hydrogen-bond acceptors (Lipinski definition) is 5. The van der Waals surface area contributed by atoms with Crippen molar-refractivity contribution in [2.45, 2.75) is 33.9 Å². The van der Waals surface area contributed by atoms with Crippen molar-refractivity contribution in [2.75, 3.05) is 13.4 Å². The first-order chi connectivity index (χ1) is 11.6. The van der Waals surface area contributed by atoms with Gasteiger partial charge in [0.1, 0.15) is 0 Å². The molecule has 2 heterocycles. The van der Waals surface area contributed by atoms with Gasteiger partial charge in [-0.25, -0.2) is 4.79 Å². The summed E-state index contributed by atoms with van der Waals surface area (Å²) >= 11 is 0. The minimum Gasteiger partial charge on any atom is -0.462 e. The maximum absolute atomic E-state index is 12.0. The van der Waals surface area contributed by atoms with Crippen molar-refractivity contribution in [1.29, 1.82) is 0 Å². The van der Waals surface area contributed by atoms with Gasteiger partial charge in [-0.2, -0.15) is 0 Å². The Labute approximate surface area is 141 Å². The van der Waals surface area contributed by atoms with Crippen molar-refractivity contribution in [2.24, 2.45) is 0 Å². The first-order valence-electron chi connectivity index (χ1n) is 8.04. The topological polar surface area (TPSA) is 72.6 Å². The number of aromatic nitrogens is 1. The number of nitrogens with one attached hydrogen (secondary N) is 2. The number of carbonyl (C=O) groups is 1. The summed E-state index contributed by atoms with van der Waals surface area (Å²) in [6.45, 7) is 7.63. The van der Waals surface area contributed by atoms with E-state index in [-0.39, 0.29) is 12.8 Å². The Morgan fingerprint density at radius 3 is 2.83 bits per heavy atom. The number of H-pyrrole nitrogens is 1. The molecule has 0 amide bonds. The zero-order valence-electron chi connectivity index (χ0n) is 14.2. The summed E-state index contributed by atoms with van der Waals surface area (Å²) < 4.78 is 15.8. The maximum Gasteiger partial charge on any atom is 0.340 e. The van der Waals surface area contributed by atoms with Crippen molar-refractivity contribution in [3.8, 4) is 11.5 Å². The number of aryl methyl sites for hydroxylation is 1. The molecule has 0 bridgehead atoms. The predicted octanol–water partition coefficient (Wildman–Crippen LogP) is 2.83. The minimum atomic E-state index is -0.272. The monoisotopic (exact) mass is 330 g/mol. The van der Waals surface area contributed by atoms with Gasteiger partial charge in [0, 0.05) is 24.5 Å². The van der Waals surface area contributed by atoms with Crippen LogP contribution in [0, 0.1) is 13.8 Å². The average molecular weight is 330 g/mol. The highest BCUT2D eigenvalue weighted by Gasteiger charge is 2.19. The van der Waals surface area contributed by atoms with Gasteiger partial charge in [-0.05, 0) is 44.0 Å². The molecule has 0 atom stereocenters. The highest BCUT2D eigenvalue weighted by atomic mass is 16.7. The van der Waals surface area contributed by atoms with Crippen LogP contribution in [0.3, 0.4) is 0 Å². The number of fused-ring (bicyclic) bond motifs is 1. The summed E-state index contributed by atoms with van der Waals surface area (Å²) in [5, 5.41) is 3.38. The first kappa shape index (κ1) is 16.4. The summed E-state index contributed by atoms with van der Waals surface area (Å²) in [6.07, 6.45) is 0. The molecule has 2 aromatic rings. The van der Waals surface area contributed by atoms with E-state index < -0.39 is 0 Å². The van der Waals surface area contributed by atoms with Crippen LogP contribution in [0.5, 0.6) is 11.5 Å². The molecule has 1 aliphatic heterocycles. The fraction of sp³-hybridized carbons (Fsp3) is 0.389. The van der Waals surface area contributed by atoms with Crippen molar-refractivity contribution >= 4 is 5.97 Å². The molecule has 6 heteroatoms. The molecule has 0 saturated heterocycles. The van der Waals surface area contributed by atoms with Crippen LogP contribution < -0.4 is 14.8 Å². The van der Waals surface area contributed by atoms with Gasteiger partial charge in [-0.1, -0.05) is 6.07 Å². The zero-order chi connectivity index (χ0) is 17.1. The molecule has 1 aromatic carbocycles. The van der Waals surface area contributed by atoms with Gasteiger partial charge in [0.2, 0.25) is 6.79 Å². The number of ether oxygens (including phenoxy) is 3. The Hall–Kier alpha value is -2.47. The summed E-state index contributed by atoms with van der Waals surface area (Å²) in [7, 11) is 0. The second-order valence-electron chi connectivity index (χ2n) is 5.74. The normalized spacial score (nSPS) is 12.5. The van der Waals surface area contributed by atoms with Gasteiger partial charge in [-0.3, -0.25) is 0 Å². The molecule has 24 heavy (non-hydrogen) atoms. The van der Waals surface area contributed by atoms with Crippen molar-refractivity contribution in [3.05, 3.63) is 46.3 Å². The van der Waals surface area contributed by atoms with Gasteiger partial charge in [0.25, 0.3) is 0 Å². The summed E-state index contributed by atoms with van der Waals surface area (Å²) in [4.78, 5) is 15.3. The van der Waals surface area contributed by atoms with Crippen LogP contribution in [0.4, 0.5) is 0 Å². The van der Waals surface area contributed by atoms with Gasteiger partial charge < -0.3 is 24.5 Å². The van der Waals surface area contributed by atoms with Crippen LogP contribution in [0.15, 0.2) is 18.2 Å². The second kappa shape index (κ2) is 6.97. The molecule has 6 nitrogen and oxygen atoms in total. The van der Waals surface area contributed by atoms with Crippen LogP contribution in [0.1, 0.15) is 39.8 Å². The molecular formula is C18H22N2O4. The molecule has 1 aliphatic rings. The lowest BCUT2D eigenvalue weighted by Crippen LogP contribution is -2.14. The number of esters is 1. The number of carbonyl (C=O) groups excluding carboxylic acids is 1. The van der Waals surface area contributed by atoms with Crippen LogP contribution in [-0.2, 0) is 17.8 Å². The zero-order valence-corrected chi connectivity index (χ0v) is 14.2. The average Bonchev–Trinajstić information content (AvgIpc) is 3.12. The lowest BCUT2D eigenvalue weighted by atomic mass is 10.1. The first-order valence-corrected chi connectivity index (χ1v) is 8.04. The largest absolute Gasteiger partial charge is 0.462 e. The number of rotatable bonds is 6. The molecule has 1 aromatic heterocycles. The summed E-state index contributed by atoms with van der Waals surface area (Å²) in [6, 6.07) is 5.91. The van der Waals surface area contributed by atoms with E-state index >= 15 is 0 Å². The van der Waals surface area contributed by atoms with Crippen LogP contribution >= 0.6 is 0 Å². The fourth-order valence-electron chi connectivity index (χ4n) is 2.88. The number of hydrogen-bond donors (Lipinski definition) is 2. The van der Waals surface area contributed by atoms with Gasteiger partial charge in [0.05, 0.1) is 12.2 Å². The minimum absolute atomic E-state index is 0.272. The molecule has 0 unspecified atom stereocenters. The van der Waals surface area contributed by atoms with E-state index in [0.29, 0.717) is 25.3 Å². The van der Waals surface area contributed by atoms with Crippen LogP contribution in [0.2, 0.25) is 0 Å². The second-order valence-corrected chi connectivity index (χ2v) is 5.74. The summed E-state index contributed by atoms with van der Waals surface area (Å²) in [5.74, 6) is 1.30. The smallest absolute Gasteiger partial charge is 0.340 e. The Morgan fingerprint density at radius 1 is 1.25 bits per heavy atom. The number of aromatic amines is 1. The molecule has 0 saturated carbocycles. The van der Waals surface area contributed by atoms with E-state index in [1.807, 2.05) is 39.0 Å². The highest BCUT2D eigenvalue weighted by Crippen LogP contribution is 2.32. The van der Waals surface area contributed by atoms with E-state index in [2.05, 4.69) is 10.3 Å². The van der Waals surface area contributed by atoms with E-state index in [1.165, 1.54) is 0 Å². The molecule has 0 fully saturated rings. The predicted molar refractivity (Wildman–Crippen MR) is 89.3 cm³/mol. The lowest BCUT2D eigenvalue weighted by molar-refractivity contribution is 0.0525. The molecule has 2 N–H and O–H groups in total. The molecule has 0 radical (unpaired) electrons. The SMILES string of the molecule is CCOC(=O)c1c(C)[nH]c(CNCc2ccc3c(c2)OCO3)c1C. The maximum atomic E-state index is 12.0. The van der Waals surface area contributed by atoms with Crippen molar-refractivity contribution < 1.29 is 19.0 Å². The Morgan fingerprint density at radius 2 is 2.04 bits per heavy atom. The Bertz CT molecular complexity index is 752. The third-order valence-electron chi connectivity index (χ3n) is 4.09. The highest BCUT2D eigenvalue weighted by molar-refractivity contribution is 5.92. The van der Waals surface area contributed by atoms with Crippen molar-refractivity contribution in [1.82, 2.24) is 10.3 Å². The van der Waals surface area contributed by atoms with Gasteiger partial charge >= 0.3 is 5.97 Å². The standard InChI is InChI=1S/C18H22N2O4/c1-4-22-18(21)17-11(2)14(20-12(17)3)9-19-8-13-5-6-15-16(7-13)24-10-23-15/h5-7,19-20H,4,8-10H2,1-3H3. The van der Waals surface area contributed by atoms with Crippen LogP contribution in [0.25, 0.3) is 0 Å². The van der Waals surface area contributed by atoms with Crippen molar-refractivity contribution in [3.63, 3.8) is 0 Å². The summed E-state index contributed by atoms with van der Waals surface area (Å²) in [5.41, 5.74) is 4.52. The van der Waals surface area contributed by atoms with E-state index in [9.17, 15) is 4.79 Å². The van der Waals surface area contributed by atoms with Crippen LogP contribution in [-0.4, -0.2) is 24.4 Å². The van der Waals surface area contributed by atoms with E-state index in [4.69, 9.17) is 14.2 Å². The molecule has 0 spiro atoms. The fourth-order valence-corrected chi connectivity index (χ4v) is 2.88. The quantitative estimate of drug-likeness (QED) is 0.797. The Balaban J connectivity index is 1.63. The lowest BCUT2D eigenvalue weighted by Gasteiger charge is -2.06. The third-order valence-corrected chi connectivity index (χ3v) is 4.09. The third kappa shape index (κ3) is 3.23. The molecule has 3 rings (SSSR count). The molecule has 0 aliphatic carbocycles.